The number of hydrogen-bond donors (Lipinski definition) is 0. The van der Waals surface area contributed by atoms with E-state index in [-0.39, 0.29) is 6.17 Å². The van der Waals surface area contributed by atoms with Gasteiger partial charge < -0.3 is 42.5 Å². The molecule has 214 valence electrons. The van der Waals surface area contributed by atoms with Gasteiger partial charge in [0.25, 0.3) is 0 Å². The fourth-order valence-electron chi connectivity index (χ4n) is 6.40. The third kappa shape index (κ3) is 9.79. The first-order chi connectivity index (χ1) is 18.9. The Hall–Kier alpha value is 0.481. The van der Waals surface area contributed by atoms with Crippen LogP contribution in [0, 0.1) is 23.7 Å². The molecule has 0 bridgehead atoms. The van der Waals surface area contributed by atoms with Crippen molar-refractivity contribution in [1.82, 2.24) is 0 Å². The van der Waals surface area contributed by atoms with Gasteiger partial charge in [-0.25, -0.2) is 24.7 Å². The first-order valence-electron chi connectivity index (χ1n) is 14.8. The standard InChI is InChI=1S/3C7H12N2.C7H8N2.2Nb/c4*1-2-6-3-5-9-7(6)8-4-1;;/h3*6-7H,1-5H2;1-3,5-7H,4H2;;/q4*-2;;. The topological polar surface area (TPSA) is 113 Å². The van der Waals surface area contributed by atoms with Crippen LogP contribution in [-0.2, 0) is 33.5 Å². The van der Waals surface area contributed by atoms with Gasteiger partial charge in [-0.05, 0) is 5.92 Å². The van der Waals surface area contributed by atoms with Crippen molar-refractivity contribution in [3.63, 3.8) is 0 Å². The van der Waals surface area contributed by atoms with Gasteiger partial charge in [0.2, 0.25) is 0 Å². The first kappa shape index (κ1) is 31.4. The Labute approximate surface area is 251 Å². The summed E-state index contributed by atoms with van der Waals surface area (Å²) in [4.78, 5) is 0. The average Bonchev–Trinajstić information content (AvgIpc) is 3.81. The molecule has 8 aliphatic rings. The second kappa shape index (κ2) is 18.1. The molecule has 0 amide bonds. The summed E-state index contributed by atoms with van der Waals surface area (Å²) in [6.45, 7) is 7.23. The van der Waals surface area contributed by atoms with Gasteiger partial charge in [-0.1, -0.05) is 81.6 Å². The normalized spacial score (nSPS) is 39.4. The second-order valence-corrected chi connectivity index (χ2v) is 11.0. The van der Waals surface area contributed by atoms with Crippen molar-refractivity contribution >= 4 is 0 Å². The predicted molar refractivity (Wildman–Crippen MR) is 150 cm³/mol. The molecule has 0 N–H and O–H groups in total. The van der Waals surface area contributed by atoms with Gasteiger partial charge in [-0.2, -0.15) is 6.20 Å². The van der Waals surface area contributed by atoms with Crippen molar-refractivity contribution in [3.8, 4) is 0 Å². The number of fused-ring (bicyclic) bond motifs is 4. The molecule has 8 rings (SSSR count). The molecule has 0 aromatic rings. The van der Waals surface area contributed by atoms with Crippen molar-refractivity contribution in [2.75, 3.05) is 45.8 Å². The van der Waals surface area contributed by atoms with Crippen molar-refractivity contribution in [2.24, 2.45) is 23.7 Å². The van der Waals surface area contributed by atoms with Gasteiger partial charge in [0.15, 0.2) is 0 Å². The quantitative estimate of drug-likeness (QED) is 0.188. The monoisotopic (exact) mass is 678 g/mol. The van der Waals surface area contributed by atoms with Gasteiger partial charge in [0, 0.05) is 0 Å². The molecule has 6 saturated heterocycles. The summed E-state index contributed by atoms with van der Waals surface area (Å²) >= 11 is 3.60. The molecule has 8 atom stereocenters. The van der Waals surface area contributed by atoms with Crippen molar-refractivity contribution in [2.45, 2.75) is 82.5 Å². The van der Waals surface area contributed by atoms with Crippen LogP contribution >= 0.6 is 0 Å². The van der Waals surface area contributed by atoms with Crippen LogP contribution in [0.2, 0.25) is 0 Å². The van der Waals surface area contributed by atoms with Crippen LogP contribution in [0.15, 0.2) is 24.4 Å². The molecule has 8 unspecified atom stereocenters. The van der Waals surface area contributed by atoms with Crippen LogP contribution < -0.4 is 0 Å². The molecule has 0 radical (unpaired) electrons. The summed E-state index contributed by atoms with van der Waals surface area (Å²) in [5.74, 6) is 2.97. The summed E-state index contributed by atoms with van der Waals surface area (Å²) in [7, 11) is 0. The van der Waals surface area contributed by atoms with Gasteiger partial charge in [0.1, 0.15) is 0 Å². The molecule has 38 heavy (non-hydrogen) atoms. The van der Waals surface area contributed by atoms with Crippen LogP contribution in [-0.4, -0.2) is 70.5 Å². The zero-order valence-corrected chi connectivity index (χ0v) is 27.1. The Morgan fingerprint density at radius 2 is 0.921 bits per heavy atom. The number of piperidine rings is 3. The van der Waals surface area contributed by atoms with E-state index in [0.717, 1.165) is 63.6 Å². The fraction of sp³-hybridized carbons (Fsp3) is 0.857. The second-order valence-electron chi connectivity index (χ2n) is 11.0. The summed E-state index contributed by atoms with van der Waals surface area (Å²) in [6, 6.07) is 0. The Balaban J connectivity index is 0.000000115. The van der Waals surface area contributed by atoms with Crippen LogP contribution in [0.4, 0.5) is 0 Å². The van der Waals surface area contributed by atoms with Gasteiger partial charge in [-0.3, -0.25) is 0 Å². The van der Waals surface area contributed by atoms with Gasteiger partial charge in [-0.15, -0.1) is 58.0 Å². The van der Waals surface area contributed by atoms with E-state index in [9.17, 15) is 0 Å². The molecule has 0 aromatic carbocycles. The maximum absolute atomic E-state index is 4.42. The SMILES string of the molecule is C1=CC2C=C[N-]C2[N-]C1.C1C[N-]C2[N-]CCC2C1.C1C[N-]C2[N-]CCC2C1.C1C[N-]C2[N-]CCC2C1.[Nb]#[Nb]. The van der Waals surface area contributed by atoms with E-state index >= 15 is 0 Å². The molecule has 0 saturated carbocycles. The minimum atomic E-state index is 0.218. The van der Waals surface area contributed by atoms with Crippen LogP contribution in [0.25, 0.3) is 42.5 Å². The van der Waals surface area contributed by atoms with Crippen molar-refractivity contribution < 1.29 is 33.5 Å². The van der Waals surface area contributed by atoms with Crippen molar-refractivity contribution in [1.29, 1.82) is 0 Å². The van der Waals surface area contributed by atoms with Gasteiger partial charge in [0.05, 0.1) is 0 Å². The Morgan fingerprint density at radius 3 is 1.34 bits per heavy atom. The minimum absolute atomic E-state index is 0.218. The fourth-order valence-corrected chi connectivity index (χ4v) is 6.40. The zero-order chi connectivity index (χ0) is 26.4. The third-order valence-electron chi connectivity index (χ3n) is 8.51. The van der Waals surface area contributed by atoms with Crippen LogP contribution in [0.5, 0.6) is 0 Å². The number of nitrogens with zero attached hydrogens (tertiary/aromatic N) is 8. The summed E-state index contributed by atoms with van der Waals surface area (Å²) < 4.78 is 0. The molecular formula is C28H44N8Nb2-8. The van der Waals surface area contributed by atoms with Gasteiger partial charge >= 0.3 is 33.5 Å². The predicted octanol–water partition coefficient (Wildman–Crippen LogP) is 7.39. The summed E-state index contributed by atoms with van der Waals surface area (Å²) in [5.41, 5.74) is 0. The maximum atomic E-state index is 4.42. The van der Waals surface area contributed by atoms with E-state index in [0.29, 0.717) is 24.4 Å². The number of hydrogen-bond acceptors (Lipinski definition) is 0. The van der Waals surface area contributed by atoms with E-state index in [1.807, 2.05) is 6.20 Å². The van der Waals surface area contributed by atoms with Crippen LogP contribution in [0.1, 0.15) is 57.8 Å². The first-order valence-corrected chi connectivity index (χ1v) is 21.6. The third-order valence-corrected chi connectivity index (χ3v) is 8.51. The Morgan fingerprint density at radius 1 is 0.474 bits per heavy atom. The molecule has 8 aliphatic heterocycles. The molecule has 10 heteroatoms. The van der Waals surface area contributed by atoms with E-state index in [4.69, 9.17) is 0 Å². The zero-order valence-electron chi connectivity index (χ0n) is 22.7. The average molecular weight is 679 g/mol. The molecular weight excluding hydrogens is 634 g/mol. The van der Waals surface area contributed by atoms with E-state index in [1.54, 1.807) is 33.5 Å². The molecule has 8 nitrogen and oxygen atoms in total. The van der Waals surface area contributed by atoms with Crippen LogP contribution in [0.3, 0.4) is 0 Å². The molecule has 0 spiro atoms. The Bertz CT molecular complexity index is 652. The summed E-state index contributed by atoms with van der Waals surface area (Å²) in [6.07, 6.45) is 21.6. The molecule has 0 aliphatic carbocycles. The van der Waals surface area contributed by atoms with Crippen molar-refractivity contribution in [3.05, 3.63) is 67.0 Å². The van der Waals surface area contributed by atoms with E-state index in [2.05, 4.69) is 60.8 Å². The molecule has 6 fully saturated rings. The summed E-state index contributed by atoms with van der Waals surface area (Å²) in [5, 5.41) is 34.9. The van der Waals surface area contributed by atoms with E-state index in [1.165, 1.54) is 57.8 Å². The molecule has 0 aromatic heterocycles. The number of rotatable bonds is 0. The van der Waals surface area contributed by atoms with E-state index < -0.39 is 0 Å². The molecule has 8 heterocycles. The Kier molecular flexibility index (Phi) is 15.0.